The van der Waals surface area contributed by atoms with E-state index in [-0.39, 0.29) is 24.4 Å². The van der Waals surface area contributed by atoms with Crippen molar-refractivity contribution >= 4 is 35.2 Å². The Morgan fingerprint density at radius 3 is 2.48 bits per heavy atom. The molecule has 0 aliphatic rings. The number of carbonyl (C=O) groups excluding carboxylic acids is 1. The predicted molar refractivity (Wildman–Crippen MR) is 126 cm³/mol. The van der Waals surface area contributed by atoms with E-state index in [1.807, 2.05) is 55.5 Å². The second-order valence-corrected chi connectivity index (χ2v) is 7.35. The molecule has 0 aromatic heterocycles. The lowest BCUT2D eigenvalue weighted by Crippen LogP contribution is -2.31. The average Bonchev–Trinajstić information content (AvgIpc) is 2.71. The SMILES string of the molecule is CC=Cc1cccc(C(=O)NC(CCN(C)C)c2ccc3ccccc3c2)c1.Cl. The van der Waals surface area contributed by atoms with Crippen LogP contribution in [0.5, 0.6) is 0 Å². The molecular weight excluding hydrogens is 380 g/mol. The molecular formula is C25H29ClN2O. The summed E-state index contributed by atoms with van der Waals surface area (Å²) >= 11 is 0. The van der Waals surface area contributed by atoms with Gasteiger partial charge in [-0.15, -0.1) is 12.4 Å². The van der Waals surface area contributed by atoms with Crippen molar-refractivity contribution < 1.29 is 4.79 Å². The fourth-order valence-corrected chi connectivity index (χ4v) is 3.35. The van der Waals surface area contributed by atoms with Crippen LogP contribution < -0.4 is 5.32 Å². The number of allylic oxidation sites excluding steroid dienone is 1. The van der Waals surface area contributed by atoms with Gasteiger partial charge >= 0.3 is 0 Å². The molecule has 0 saturated carbocycles. The van der Waals surface area contributed by atoms with Gasteiger partial charge in [0, 0.05) is 5.56 Å². The molecule has 4 heteroatoms. The minimum Gasteiger partial charge on any atom is -0.345 e. The Hall–Kier alpha value is -2.62. The Labute approximate surface area is 179 Å². The second-order valence-electron chi connectivity index (χ2n) is 7.35. The van der Waals surface area contributed by atoms with E-state index in [4.69, 9.17) is 0 Å². The molecule has 1 amide bonds. The number of hydrogen-bond acceptors (Lipinski definition) is 2. The van der Waals surface area contributed by atoms with Crippen LogP contribution in [0.15, 0.2) is 72.8 Å². The zero-order chi connectivity index (χ0) is 19.9. The van der Waals surface area contributed by atoms with Crippen molar-refractivity contribution in [3.63, 3.8) is 0 Å². The molecule has 152 valence electrons. The molecule has 1 N–H and O–H groups in total. The number of hydrogen-bond donors (Lipinski definition) is 1. The standard InChI is InChI=1S/C25H28N2O.ClH/c1-4-8-19-9-7-12-23(17-19)25(28)26-24(15-16-27(2)3)22-14-13-20-10-5-6-11-21(20)18-22;/h4-14,17-18,24H,15-16H2,1-3H3,(H,26,28);1H. The van der Waals surface area contributed by atoms with Crippen molar-refractivity contribution in [1.29, 1.82) is 0 Å². The molecule has 3 aromatic carbocycles. The fraction of sp³-hybridized carbons (Fsp3) is 0.240. The predicted octanol–water partition coefficient (Wildman–Crippen LogP) is 5.72. The minimum atomic E-state index is -0.0386. The lowest BCUT2D eigenvalue weighted by Gasteiger charge is -2.22. The molecule has 3 rings (SSSR count). The number of halogens is 1. The van der Waals surface area contributed by atoms with Crippen LogP contribution in [0.3, 0.4) is 0 Å². The van der Waals surface area contributed by atoms with Crippen LogP contribution in [0.2, 0.25) is 0 Å². The number of amides is 1. The number of nitrogens with one attached hydrogen (secondary N) is 1. The quantitative estimate of drug-likeness (QED) is 0.542. The third-order valence-corrected chi connectivity index (χ3v) is 4.85. The third kappa shape index (κ3) is 6.18. The maximum absolute atomic E-state index is 12.9. The van der Waals surface area contributed by atoms with Crippen LogP contribution in [0.1, 0.15) is 40.9 Å². The third-order valence-electron chi connectivity index (χ3n) is 4.85. The number of nitrogens with zero attached hydrogens (tertiary/aromatic N) is 1. The summed E-state index contributed by atoms with van der Waals surface area (Å²) in [6, 6.07) is 22.5. The summed E-state index contributed by atoms with van der Waals surface area (Å²) in [6.07, 6.45) is 4.83. The number of fused-ring (bicyclic) bond motifs is 1. The van der Waals surface area contributed by atoms with E-state index < -0.39 is 0 Å². The van der Waals surface area contributed by atoms with Crippen molar-refractivity contribution in [2.24, 2.45) is 0 Å². The molecule has 0 aliphatic heterocycles. The maximum Gasteiger partial charge on any atom is 0.251 e. The van der Waals surface area contributed by atoms with Gasteiger partial charge in [0.1, 0.15) is 0 Å². The van der Waals surface area contributed by atoms with E-state index in [9.17, 15) is 4.79 Å². The van der Waals surface area contributed by atoms with Crippen molar-refractivity contribution in [2.75, 3.05) is 20.6 Å². The number of rotatable bonds is 7. The maximum atomic E-state index is 12.9. The van der Waals surface area contributed by atoms with E-state index in [0.29, 0.717) is 5.56 Å². The van der Waals surface area contributed by atoms with E-state index in [1.54, 1.807) is 0 Å². The average molecular weight is 409 g/mol. The Bertz CT molecular complexity index is 981. The van der Waals surface area contributed by atoms with Gasteiger partial charge in [-0.3, -0.25) is 4.79 Å². The lowest BCUT2D eigenvalue weighted by atomic mass is 9.99. The molecule has 3 aromatic rings. The molecule has 0 fully saturated rings. The van der Waals surface area contributed by atoms with Gasteiger partial charge in [-0.25, -0.2) is 0 Å². The molecule has 1 unspecified atom stereocenters. The molecule has 3 nitrogen and oxygen atoms in total. The fourth-order valence-electron chi connectivity index (χ4n) is 3.35. The summed E-state index contributed by atoms with van der Waals surface area (Å²) in [7, 11) is 4.11. The smallest absolute Gasteiger partial charge is 0.251 e. The monoisotopic (exact) mass is 408 g/mol. The van der Waals surface area contributed by atoms with Crippen LogP contribution in [0.4, 0.5) is 0 Å². The normalized spacial score (nSPS) is 12.1. The zero-order valence-corrected chi connectivity index (χ0v) is 18.1. The summed E-state index contributed by atoms with van der Waals surface area (Å²) in [5.41, 5.74) is 2.86. The van der Waals surface area contributed by atoms with Crippen LogP contribution in [-0.2, 0) is 0 Å². The van der Waals surface area contributed by atoms with Crippen LogP contribution in [-0.4, -0.2) is 31.4 Å². The van der Waals surface area contributed by atoms with E-state index in [1.165, 1.54) is 10.8 Å². The van der Waals surface area contributed by atoms with E-state index in [2.05, 4.69) is 54.6 Å². The van der Waals surface area contributed by atoms with Crippen molar-refractivity contribution in [3.05, 3.63) is 89.5 Å². The molecule has 0 aliphatic carbocycles. The summed E-state index contributed by atoms with van der Waals surface area (Å²) in [5.74, 6) is -0.0386. The Balaban J connectivity index is 0.00000300. The van der Waals surface area contributed by atoms with Crippen LogP contribution in [0, 0.1) is 0 Å². The number of benzene rings is 3. The molecule has 0 heterocycles. The first-order valence-electron chi connectivity index (χ1n) is 9.74. The summed E-state index contributed by atoms with van der Waals surface area (Å²) in [6.45, 7) is 2.88. The highest BCUT2D eigenvalue weighted by atomic mass is 35.5. The van der Waals surface area contributed by atoms with Gasteiger partial charge in [0.15, 0.2) is 0 Å². The highest BCUT2D eigenvalue weighted by Gasteiger charge is 2.17. The van der Waals surface area contributed by atoms with Gasteiger partial charge in [0.05, 0.1) is 6.04 Å². The Morgan fingerprint density at radius 1 is 1.00 bits per heavy atom. The van der Waals surface area contributed by atoms with Crippen LogP contribution in [0.25, 0.3) is 16.8 Å². The Kier molecular flexibility index (Phi) is 8.44. The topological polar surface area (TPSA) is 32.3 Å². The van der Waals surface area contributed by atoms with E-state index >= 15 is 0 Å². The molecule has 0 spiro atoms. The zero-order valence-electron chi connectivity index (χ0n) is 17.3. The summed E-state index contributed by atoms with van der Waals surface area (Å²) in [5, 5.41) is 5.65. The molecule has 29 heavy (non-hydrogen) atoms. The summed E-state index contributed by atoms with van der Waals surface area (Å²) < 4.78 is 0. The molecule has 0 bridgehead atoms. The lowest BCUT2D eigenvalue weighted by molar-refractivity contribution is 0.0932. The second kappa shape index (κ2) is 10.8. The van der Waals surface area contributed by atoms with Gasteiger partial charge in [0.2, 0.25) is 0 Å². The first kappa shape index (κ1) is 22.7. The number of carbonyl (C=O) groups is 1. The van der Waals surface area contributed by atoms with Gasteiger partial charge < -0.3 is 10.2 Å². The highest BCUT2D eigenvalue weighted by Crippen LogP contribution is 2.23. The van der Waals surface area contributed by atoms with Gasteiger partial charge in [0.25, 0.3) is 5.91 Å². The molecule has 1 atom stereocenters. The van der Waals surface area contributed by atoms with E-state index in [0.717, 1.165) is 24.1 Å². The van der Waals surface area contributed by atoms with Crippen molar-refractivity contribution in [3.8, 4) is 0 Å². The van der Waals surface area contributed by atoms with Crippen molar-refractivity contribution in [2.45, 2.75) is 19.4 Å². The van der Waals surface area contributed by atoms with Gasteiger partial charge in [-0.2, -0.15) is 0 Å². The largest absolute Gasteiger partial charge is 0.345 e. The van der Waals surface area contributed by atoms with Gasteiger partial charge in [-0.1, -0.05) is 60.7 Å². The molecule has 0 saturated heterocycles. The first-order valence-corrected chi connectivity index (χ1v) is 9.74. The van der Waals surface area contributed by atoms with Crippen molar-refractivity contribution in [1.82, 2.24) is 10.2 Å². The minimum absolute atomic E-state index is 0. The highest BCUT2D eigenvalue weighted by molar-refractivity contribution is 5.95. The molecule has 0 radical (unpaired) electrons. The van der Waals surface area contributed by atoms with Gasteiger partial charge in [-0.05, 0) is 74.1 Å². The first-order chi connectivity index (χ1) is 13.6. The summed E-state index contributed by atoms with van der Waals surface area (Å²) in [4.78, 5) is 15.1. The van der Waals surface area contributed by atoms with Crippen LogP contribution >= 0.6 is 12.4 Å². The Morgan fingerprint density at radius 2 is 1.76 bits per heavy atom.